The highest BCUT2D eigenvalue weighted by molar-refractivity contribution is 7.89. The Morgan fingerprint density at radius 1 is 1.15 bits per heavy atom. The fraction of sp³-hybridized carbons (Fsp3) is 0.333. The molecule has 0 unspecified atom stereocenters. The number of nitrogens with one attached hydrogen (secondary N) is 1. The van der Waals surface area contributed by atoms with Gasteiger partial charge in [0.25, 0.3) is 0 Å². The van der Waals surface area contributed by atoms with Crippen molar-refractivity contribution in [3.8, 4) is 0 Å². The van der Waals surface area contributed by atoms with Crippen LogP contribution in [0.25, 0.3) is 0 Å². The maximum atomic E-state index is 12.4. The van der Waals surface area contributed by atoms with Crippen LogP contribution in [0, 0.1) is 0 Å². The highest BCUT2D eigenvalue weighted by Gasteiger charge is 2.28. The number of nitrogens with zero attached hydrogens (tertiary/aromatic N) is 1. The van der Waals surface area contributed by atoms with E-state index in [1.807, 2.05) is 0 Å². The van der Waals surface area contributed by atoms with Crippen LogP contribution >= 0.6 is 0 Å². The number of amides is 1. The maximum Gasteiger partial charge on any atom is 0.355 e. The Bertz CT molecular complexity index is 617. The minimum Gasteiger partial charge on any atom is -0.343 e. The second-order valence-corrected chi connectivity index (χ2v) is 7.49. The smallest absolute Gasteiger partial charge is 0.343 e. The summed E-state index contributed by atoms with van der Waals surface area (Å²) in [5.41, 5.74) is 0.581. The number of rotatable bonds is 3. The molecule has 1 heterocycles. The molecule has 1 aliphatic rings. The lowest BCUT2D eigenvalue weighted by molar-refractivity contribution is -0.120. The van der Waals surface area contributed by atoms with E-state index in [-0.39, 0.29) is 41.4 Å². The predicted octanol–water partition coefficient (Wildman–Crippen LogP) is 0.205. The van der Waals surface area contributed by atoms with Gasteiger partial charge in [-0.2, -0.15) is 4.31 Å². The van der Waals surface area contributed by atoms with E-state index in [2.05, 4.69) is 5.32 Å². The summed E-state index contributed by atoms with van der Waals surface area (Å²) in [6.07, 6.45) is 0.543. The molecule has 0 saturated carbocycles. The van der Waals surface area contributed by atoms with Crippen molar-refractivity contribution >= 4 is 42.6 Å². The first kappa shape index (κ1) is 15.2. The van der Waals surface area contributed by atoms with Gasteiger partial charge in [0.05, 0.1) is 4.90 Å². The van der Waals surface area contributed by atoms with Crippen LogP contribution in [0.4, 0.5) is 10.5 Å². The first-order chi connectivity index (χ1) is 9.39. The van der Waals surface area contributed by atoms with Crippen LogP contribution in [0.1, 0.15) is 12.8 Å². The number of carbonyl (C=O) groups is 2. The number of hydrogen-bond donors (Lipinski definition) is 1. The number of piperidine rings is 1. The topological polar surface area (TPSA) is 83.6 Å². The number of ketones is 1. The molecule has 1 fully saturated rings. The Labute approximate surface area is 125 Å². The molecule has 1 saturated heterocycles. The average molecular weight is 310 g/mol. The van der Waals surface area contributed by atoms with E-state index in [1.54, 1.807) is 12.1 Å². The zero-order chi connectivity index (χ0) is 14.8. The predicted molar refractivity (Wildman–Crippen MR) is 77.0 cm³/mol. The Morgan fingerprint density at radius 2 is 1.70 bits per heavy atom. The van der Waals surface area contributed by atoms with E-state index in [4.69, 9.17) is 0 Å². The van der Waals surface area contributed by atoms with Gasteiger partial charge >= 0.3 is 16.3 Å². The van der Waals surface area contributed by atoms with Crippen molar-refractivity contribution in [3.63, 3.8) is 0 Å². The molecule has 0 aromatic heterocycles. The molecule has 0 spiro atoms. The number of benzene rings is 1. The lowest BCUT2D eigenvalue weighted by atomic mass is 10.1. The van der Waals surface area contributed by atoms with Gasteiger partial charge in [-0.25, -0.2) is 8.42 Å². The van der Waals surface area contributed by atoms with Crippen molar-refractivity contribution in [1.29, 1.82) is 0 Å². The molecule has 2 rings (SSSR count). The van der Waals surface area contributed by atoms with Gasteiger partial charge in [0.15, 0.2) is 0 Å². The van der Waals surface area contributed by atoms with Crippen molar-refractivity contribution in [2.24, 2.45) is 0 Å². The third kappa shape index (κ3) is 3.46. The van der Waals surface area contributed by atoms with Crippen LogP contribution in [0.3, 0.4) is 0 Å². The summed E-state index contributed by atoms with van der Waals surface area (Å²) < 4.78 is 26.0. The van der Waals surface area contributed by atoms with Gasteiger partial charge in [0, 0.05) is 31.6 Å². The molecule has 0 aliphatic carbocycles. The lowest BCUT2D eigenvalue weighted by Crippen LogP contribution is -2.38. The van der Waals surface area contributed by atoms with E-state index in [9.17, 15) is 18.0 Å². The van der Waals surface area contributed by atoms with Gasteiger partial charge in [-0.1, -0.05) is 0 Å². The molecule has 0 bridgehead atoms. The third-order valence-corrected chi connectivity index (χ3v) is 5.26. The van der Waals surface area contributed by atoms with E-state index in [1.165, 1.54) is 16.4 Å². The minimum atomic E-state index is -3.55. The van der Waals surface area contributed by atoms with E-state index in [0.29, 0.717) is 22.0 Å². The molecular weight excluding hydrogens is 295 g/mol. The van der Waals surface area contributed by atoms with Gasteiger partial charge in [0.1, 0.15) is 10.6 Å². The molecular formula is C12H15AlN2O4S. The molecule has 106 valence electrons. The average Bonchev–Trinajstić information content (AvgIpc) is 2.39. The minimum absolute atomic E-state index is 0.0739. The maximum absolute atomic E-state index is 12.4. The third-order valence-electron chi connectivity index (χ3n) is 3.09. The number of hydrogen-bond acceptors (Lipinski definition) is 4. The Morgan fingerprint density at radius 3 is 2.20 bits per heavy atom. The zero-order valence-electron chi connectivity index (χ0n) is 11.1. The first-order valence-electron chi connectivity index (χ1n) is 6.29. The van der Waals surface area contributed by atoms with Crippen LogP contribution in [0.2, 0.25) is 0 Å². The second kappa shape index (κ2) is 6.06. The van der Waals surface area contributed by atoms with E-state index < -0.39 is 10.0 Å². The zero-order valence-corrected chi connectivity index (χ0v) is 13.9. The van der Waals surface area contributed by atoms with Gasteiger partial charge in [-0.05, 0) is 24.3 Å². The number of carbonyl (C=O) groups excluding carboxylic acids is 2. The monoisotopic (exact) mass is 310 g/mol. The molecule has 1 N–H and O–H groups in total. The summed E-state index contributed by atoms with van der Waals surface area (Å²) >= 11 is 0.388. The largest absolute Gasteiger partial charge is 0.355 e. The summed E-state index contributed by atoms with van der Waals surface area (Å²) in [5.74, 6) is 0.0987. The van der Waals surface area contributed by atoms with Crippen LogP contribution < -0.4 is 5.32 Å². The molecule has 1 aliphatic heterocycles. The molecule has 1 aromatic carbocycles. The van der Waals surface area contributed by atoms with Crippen molar-refractivity contribution in [2.45, 2.75) is 17.7 Å². The quantitative estimate of drug-likeness (QED) is 0.809. The molecule has 20 heavy (non-hydrogen) atoms. The van der Waals surface area contributed by atoms with Gasteiger partial charge in [0.2, 0.25) is 10.0 Å². The standard InChI is InChI=1S/C12H13N2O4S.Al.2H/c15-9-13-10-1-3-12(4-2-10)19(17,18)14-7-5-11(16)6-8-14;;;/h1-4H,5-8H2,(H,13,15);;;. The van der Waals surface area contributed by atoms with Crippen molar-refractivity contribution in [2.75, 3.05) is 18.4 Å². The van der Waals surface area contributed by atoms with Crippen LogP contribution in [-0.2, 0) is 14.8 Å². The molecule has 1 aromatic rings. The second-order valence-electron chi connectivity index (χ2n) is 4.65. The Hall–Kier alpha value is -1.20. The molecule has 6 nitrogen and oxygen atoms in total. The highest BCUT2D eigenvalue weighted by Crippen LogP contribution is 2.21. The SMILES string of the molecule is O=C1CCN(S(=O)(=O)c2ccc(N[C](=O)[AlH2])cc2)CC1. The van der Waals surface area contributed by atoms with Gasteiger partial charge < -0.3 is 5.32 Å². The summed E-state index contributed by atoms with van der Waals surface area (Å²) in [6, 6.07) is 6.08. The number of sulfonamides is 1. The normalized spacial score (nSPS) is 16.9. The molecule has 8 heteroatoms. The van der Waals surface area contributed by atoms with Crippen LogP contribution in [-0.4, -0.2) is 52.7 Å². The highest BCUT2D eigenvalue weighted by atomic mass is 32.2. The van der Waals surface area contributed by atoms with Crippen LogP contribution in [0.15, 0.2) is 29.2 Å². The van der Waals surface area contributed by atoms with Gasteiger partial charge in [-0.15, -0.1) is 0 Å². The Kier molecular flexibility index (Phi) is 4.60. The first-order valence-corrected chi connectivity index (χ1v) is 8.73. The lowest BCUT2D eigenvalue weighted by Gasteiger charge is -2.25. The van der Waals surface area contributed by atoms with Crippen molar-refractivity contribution in [1.82, 2.24) is 4.31 Å². The van der Waals surface area contributed by atoms with E-state index >= 15 is 0 Å². The summed E-state index contributed by atoms with van der Waals surface area (Å²) in [5, 5.41) is 2.64. The van der Waals surface area contributed by atoms with Crippen molar-refractivity contribution < 1.29 is 18.0 Å². The molecule has 0 radical (unpaired) electrons. The number of Topliss-reactive ketones (excluding diaryl/α,β-unsaturated/α-hetero) is 1. The summed E-state index contributed by atoms with van der Waals surface area (Å²) in [7, 11) is -3.55. The summed E-state index contributed by atoms with van der Waals surface area (Å²) in [4.78, 5) is 22.3. The van der Waals surface area contributed by atoms with E-state index in [0.717, 1.165) is 0 Å². The fourth-order valence-electron chi connectivity index (χ4n) is 2.04. The fourth-order valence-corrected chi connectivity index (χ4v) is 3.77. The summed E-state index contributed by atoms with van der Waals surface area (Å²) in [6.45, 7) is 0.473. The number of anilines is 1. The Balaban J connectivity index is 2.17. The van der Waals surface area contributed by atoms with Crippen molar-refractivity contribution in [3.05, 3.63) is 24.3 Å². The van der Waals surface area contributed by atoms with Crippen LogP contribution in [0.5, 0.6) is 0 Å². The molecule has 0 atom stereocenters. The molecule has 1 amide bonds. The van der Waals surface area contributed by atoms with Gasteiger partial charge in [-0.3, -0.25) is 9.59 Å².